The number of amides is 1. The van der Waals surface area contributed by atoms with Gasteiger partial charge in [0.15, 0.2) is 5.75 Å². The van der Waals surface area contributed by atoms with Crippen LogP contribution in [0.4, 0.5) is 11.4 Å². The predicted octanol–water partition coefficient (Wildman–Crippen LogP) is 4.28. The molecule has 0 bridgehead atoms. The van der Waals surface area contributed by atoms with Gasteiger partial charge in [0.05, 0.1) is 47.6 Å². The molecular formula is C24H25ClN4O4. The number of para-hydroxylation sites is 1. The Morgan fingerprint density at radius 3 is 2.82 bits per heavy atom. The fourth-order valence-electron chi connectivity index (χ4n) is 4.34. The highest BCUT2D eigenvalue weighted by Gasteiger charge is 2.51. The molecule has 1 aliphatic carbocycles. The Morgan fingerprint density at radius 1 is 1.21 bits per heavy atom. The summed E-state index contributed by atoms with van der Waals surface area (Å²) in [7, 11) is 3.19. The molecule has 0 radical (unpaired) electrons. The first-order valence-corrected chi connectivity index (χ1v) is 11.2. The van der Waals surface area contributed by atoms with Gasteiger partial charge in [0.2, 0.25) is 0 Å². The number of carbonyl (C=O) groups is 1. The number of ether oxygens (including phenoxy) is 3. The number of pyridine rings is 1. The summed E-state index contributed by atoms with van der Waals surface area (Å²) >= 11 is 6.36. The minimum atomic E-state index is -0.121. The highest BCUT2D eigenvalue weighted by atomic mass is 35.5. The number of aromatic nitrogens is 2. The molecule has 1 aromatic carbocycles. The number of hydrogen-bond donors (Lipinski definition) is 3. The Kier molecular flexibility index (Phi) is 5.64. The first-order chi connectivity index (χ1) is 16.1. The summed E-state index contributed by atoms with van der Waals surface area (Å²) in [6.45, 7) is 1.46. The Labute approximate surface area is 196 Å². The van der Waals surface area contributed by atoms with Crippen LogP contribution in [0.15, 0.2) is 36.7 Å². The van der Waals surface area contributed by atoms with Crippen LogP contribution in [0, 0.1) is 0 Å². The van der Waals surface area contributed by atoms with Gasteiger partial charge in [0.25, 0.3) is 5.91 Å². The topological polar surface area (TPSA) is 97.5 Å². The number of carbonyl (C=O) groups excluding carboxylic acids is 1. The lowest BCUT2D eigenvalue weighted by Gasteiger charge is -2.23. The molecular weight excluding hydrogens is 444 g/mol. The van der Waals surface area contributed by atoms with Gasteiger partial charge >= 0.3 is 0 Å². The van der Waals surface area contributed by atoms with E-state index in [2.05, 4.69) is 20.6 Å². The van der Waals surface area contributed by atoms with E-state index in [1.54, 1.807) is 32.7 Å². The molecule has 9 heteroatoms. The fourth-order valence-corrected chi connectivity index (χ4v) is 4.59. The molecule has 1 saturated carbocycles. The van der Waals surface area contributed by atoms with Gasteiger partial charge in [-0.15, -0.1) is 0 Å². The van der Waals surface area contributed by atoms with Crippen molar-refractivity contribution in [3.8, 4) is 22.8 Å². The number of halogens is 1. The van der Waals surface area contributed by atoms with Crippen LogP contribution >= 0.6 is 11.6 Å². The van der Waals surface area contributed by atoms with Crippen LogP contribution < -0.4 is 20.1 Å². The largest absolute Gasteiger partial charge is 0.493 e. The zero-order valence-corrected chi connectivity index (χ0v) is 19.2. The normalized spacial score (nSPS) is 15.7. The Bertz CT molecular complexity index is 1210. The van der Waals surface area contributed by atoms with Crippen molar-refractivity contribution in [1.29, 1.82) is 0 Å². The first-order valence-electron chi connectivity index (χ1n) is 10.8. The standard InChI is InChI=1S/C24H25ClN4O4/c1-31-10-11-33-17-12-26-9-6-14(17)19-20(28-16-5-3-4-15(25)21(16)32-2)18-22(29-19)24(7-8-24)13-27-23(18)30/h3-6,9,12,28-29H,7-8,10-11,13H2,1-2H3,(H,27,30). The third kappa shape index (κ3) is 3.79. The highest BCUT2D eigenvalue weighted by molar-refractivity contribution is 6.32. The Morgan fingerprint density at radius 2 is 2.06 bits per heavy atom. The predicted molar refractivity (Wildman–Crippen MR) is 126 cm³/mol. The minimum Gasteiger partial charge on any atom is -0.493 e. The summed E-state index contributed by atoms with van der Waals surface area (Å²) < 4.78 is 16.6. The molecule has 1 fully saturated rings. The second-order valence-electron chi connectivity index (χ2n) is 8.25. The van der Waals surface area contributed by atoms with Gasteiger partial charge in [-0.25, -0.2) is 0 Å². The van der Waals surface area contributed by atoms with Crippen LogP contribution in [0.25, 0.3) is 11.3 Å². The molecule has 172 valence electrons. The van der Waals surface area contributed by atoms with Gasteiger partial charge in [-0.3, -0.25) is 9.78 Å². The minimum absolute atomic E-state index is 0.0551. The summed E-state index contributed by atoms with van der Waals surface area (Å²) in [4.78, 5) is 20.9. The van der Waals surface area contributed by atoms with Gasteiger partial charge < -0.3 is 29.8 Å². The van der Waals surface area contributed by atoms with E-state index in [9.17, 15) is 4.79 Å². The van der Waals surface area contributed by atoms with E-state index in [4.69, 9.17) is 25.8 Å². The number of benzene rings is 1. The van der Waals surface area contributed by atoms with Gasteiger partial charge in [-0.2, -0.15) is 0 Å². The van der Waals surface area contributed by atoms with Crippen LogP contribution in [0.2, 0.25) is 5.02 Å². The molecule has 2 aromatic heterocycles. The molecule has 33 heavy (non-hydrogen) atoms. The van der Waals surface area contributed by atoms with E-state index in [1.807, 2.05) is 18.2 Å². The summed E-state index contributed by atoms with van der Waals surface area (Å²) in [5.41, 5.74) is 4.35. The second kappa shape index (κ2) is 8.61. The molecule has 8 nitrogen and oxygen atoms in total. The molecule has 1 amide bonds. The van der Waals surface area contributed by atoms with Crippen molar-refractivity contribution in [3.05, 3.63) is 52.9 Å². The molecule has 3 aromatic rings. The summed E-state index contributed by atoms with van der Waals surface area (Å²) in [5, 5.41) is 6.97. The number of fused-ring (bicyclic) bond motifs is 2. The van der Waals surface area contributed by atoms with Crippen LogP contribution in [-0.2, 0) is 10.2 Å². The van der Waals surface area contributed by atoms with Gasteiger partial charge in [0, 0.05) is 36.5 Å². The Hall–Kier alpha value is -3.23. The lowest BCUT2D eigenvalue weighted by atomic mass is 9.93. The average Bonchev–Trinajstić information content (AvgIpc) is 3.50. The number of rotatable bonds is 8. The SMILES string of the molecule is COCCOc1cnccc1-c1[nH]c2c(c1Nc1cccc(Cl)c1OC)C(=O)NCC21CC1. The van der Waals surface area contributed by atoms with Crippen molar-refractivity contribution in [1.82, 2.24) is 15.3 Å². The summed E-state index contributed by atoms with van der Waals surface area (Å²) in [5.74, 6) is 0.979. The zero-order valence-electron chi connectivity index (χ0n) is 18.5. The van der Waals surface area contributed by atoms with E-state index < -0.39 is 0 Å². The van der Waals surface area contributed by atoms with E-state index >= 15 is 0 Å². The van der Waals surface area contributed by atoms with Crippen LogP contribution in [0.1, 0.15) is 28.9 Å². The molecule has 5 rings (SSSR count). The second-order valence-corrected chi connectivity index (χ2v) is 8.65. The number of H-pyrrole nitrogens is 1. The summed E-state index contributed by atoms with van der Waals surface area (Å²) in [6.07, 6.45) is 5.41. The maximum absolute atomic E-state index is 13.1. The molecule has 0 atom stereocenters. The number of hydrogen-bond acceptors (Lipinski definition) is 6. The Balaban J connectivity index is 1.67. The maximum atomic E-state index is 13.1. The van der Waals surface area contributed by atoms with Gasteiger partial charge in [-0.1, -0.05) is 17.7 Å². The molecule has 0 unspecified atom stereocenters. The summed E-state index contributed by atoms with van der Waals surface area (Å²) in [6, 6.07) is 7.33. The third-order valence-electron chi connectivity index (χ3n) is 6.23. The van der Waals surface area contributed by atoms with Crippen molar-refractivity contribution >= 4 is 28.9 Å². The zero-order chi connectivity index (χ0) is 23.0. The third-order valence-corrected chi connectivity index (χ3v) is 6.53. The van der Waals surface area contributed by atoms with Crippen molar-refractivity contribution in [2.24, 2.45) is 0 Å². The quantitative estimate of drug-likeness (QED) is 0.427. The van der Waals surface area contributed by atoms with Gasteiger partial charge in [0.1, 0.15) is 12.4 Å². The van der Waals surface area contributed by atoms with E-state index in [0.717, 1.165) is 29.8 Å². The lowest BCUT2D eigenvalue weighted by molar-refractivity contribution is 0.0938. The lowest BCUT2D eigenvalue weighted by Crippen LogP contribution is -2.39. The van der Waals surface area contributed by atoms with E-state index in [-0.39, 0.29) is 11.3 Å². The van der Waals surface area contributed by atoms with Crippen LogP contribution in [-0.4, -0.2) is 49.9 Å². The van der Waals surface area contributed by atoms with Gasteiger partial charge in [-0.05, 0) is 31.0 Å². The van der Waals surface area contributed by atoms with Crippen molar-refractivity contribution in [2.75, 3.05) is 39.3 Å². The average molecular weight is 469 g/mol. The first kappa shape index (κ1) is 21.6. The van der Waals surface area contributed by atoms with Crippen LogP contribution in [0.5, 0.6) is 11.5 Å². The molecule has 2 aliphatic rings. The molecule has 3 N–H and O–H groups in total. The maximum Gasteiger partial charge on any atom is 0.255 e. The number of aromatic amines is 1. The van der Waals surface area contributed by atoms with Crippen molar-refractivity contribution < 1.29 is 19.0 Å². The molecule has 3 heterocycles. The van der Waals surface area contributed by atoms with Crippen molar-refractivity contribution in [3.63, 3.8) is 0 Å². The molecule has 0 saturated heterocycles. The number of anilines is 2. The molecule has 1 aliphatic heterocycles. The number of nitrogens with zero attached hydrogens (tertiary/aromatic N) is 1. The highest BCUT2D eigenvalue weighted by Crippen LogP contribution is 2.54. The molecule has 1 spiro atoms. The van der Waals surface area contributed by atoms with E-state index in [0.29, 0.717) is 53.2 Å². The smallest absolute Gasteiger partial charge is 0.255 e. The van der Waals surface area contributed by atoms with E-state index in [1.165, 1.54) is 0 Å². The monoisotopic (exact) mass is 468 g/mol. The van der Waals surface area contributed by atoms with Crippen molar-refractivity contribution in [2.45, 2.75) is 18.3 Å². The number of methoxy groups -OCH3 is 2. The fraction of sp³-hybridized carbons (Fsp3) is 0.333. The number of nitrogens with one attached hydrogen (secondary N) is 3. The van der Waals surface area contributed by atoms with Crippen LogP contribution in [0.3, 0.4) is 0 Å².